The molecule has 370 valence electrons. The van der Waals surface area contributed by atoms with Crippen LogP contribution in [0, 0.1) is 0 Å². The van der Waals surface area contributed by atoms with E-state index in [9.17, 15) is 19.4 Å². The number of aliphatic hydroxyl groups is 1. The first kappa shape index (κ1) is 61.5. The number of hydrogen-bond acceptors (Lipinski definition) is 5. The van der Waals surface area contributed by atoms with Crippen LogP contribution in [-0.2, 0) is 18.4 Å². The normalized spacial score (nSPS) is 14.5. The summed E-state index contributed by atoms with van der Waals surface area (Å²) in [5.41, 5.74) is 0. The van der Waals surface area contributed by atoms with E-state index in [1.165, 1.54) is 161 Å². The van der Waals surface area contributed by atoms with Crippen molar-refractivity contribution in [2.24, 2.45) is 0 Å². The predicted octanol–water partition coefficient (Wildman–Crippen LogP) is 15.6. The predicted molar refractivity (Wildman–Crippen MR) is 272 cm³/mol. The molecule has 3 unspecified atom stereocenters. The van der Waals surface area contributed by atoms with E-state index in [1.807, 2.05) is 27.2 Å². The first-order valence-electron chi connectivity index (χ1n) is 26.5. The molecule has 9 heteroatoms. The van der Waals surface area contributed by atoms with E-state index in [-0.39, 0.29) is 19.1 Å². The summed E-state index contributed by atoms with van der Waals surface area (Å²) < 4.78 is 23.7. The lowest BCUT2D eigenvalue weighted by molar-refractivity contribution is -0.870. The number of hydrogen-bond donors (Lipinski definition) is 3. The van der Waals surface area contributed by atoms with E-state index >= 15 is 0 Å². The lowest BCUT2D eigenvalue weighted by Gasteiger charge is -2.25. The van der Waals surface area contributed by atoms with Gasteiger partial charge in [-0.2, -0.15) is 0 Å². The topological polar surface area (TPSA) is 105 Å². The maximum atomic E-state index is 12.9. The number of likely N-dealkylation sites (N-methyl/N-ethyl adjacent to an activating group) is 1. The van der Waals surface area contributed by atoms with Crippen LogP contribution in [0.25, 0.3) is 0 Å². The fourth-order valence-corrected chi connectivity index (χ4v) is 8.31. The van der Waals surface area contributed by atoms with Crippen LogP contribution in [-0.4, -0.2) is 73.4 Å². The number of unbranched alkanes of at least 4 members (excludes halogenated alkanes) is 29. The smallest absolute Gasteiger partial charge is 0.387 e. The number of carbonyl (C=O) groups is 1. The van der Waals surface area contributed by atoms with Gasteiger partial charge in [-0.05, 0) is 57.8 Å². The standard InChI is InChI=1S/C54H103N2O6P/c1-6-8-10-12-14-16-18-20-22-24-26-27-28-29-30-32-34-36-38-40-42-44-46-48-54(58)55-52(51-62-63(59,60)61-50-49-56(3,4)5)53(57)47-45-43-41-39-37-35-33-31-25-23-21-19-17-15-13-11-9-7-2/h18,20,24,26,28-29,45,47,52-53,57H,6-17,19,21-23,25,27,30-44,46,48-51H2,1-5H3,(H-,55,58,59,60)/p+1/b20-18-,26-24-,29-28-,47-45+. The molecule has 0 spiro atoms. The Balaban J connectivity index is 4.31. The average molecular weight is 908 g/mol. The Hall–Kier alpha value is -1.54. The Morgan fingerprint density at radius 3 is 1.32 bits per heavy atom. The highest BCUT2D eigenvalue weighted by Gasteiger charge is 2.27. The summed E-state index contributed by atoms with van der Waals surface area (Å²) in [5, 5.41) is 13.9. The lowest BCUT2D eigenvalue weighted by Crippen LogP contribution is -2.45. The van der Waals surface area contributed by atoms with Gasteiger partial charge in [0, 0.05) is 6.42 Å². The summed E-state index contributed by atoms with van der Waals surface area (Å²) in [7, 11) is 1.57. The zero-order valence-corrected chi connectivity index (χ0v) is 43.0. The Labute approximate surface area is 390 Å². The van der Waals surface area contributed by atoms with E-state index in [2.05, 4.69) is 55.6 Å². The van der Waals surface area contributed by atoms with Gasteiger partial charge < -0.3 is 19.8 Å². The number of aliphatic hydroxyl groups excluding tert-OH is 1. The highest BCUT2D eigenvalue weighted by molar-refractivity contribution is 7.47. The number of nitrogens with zero attached hydrogens (tertiary/aromatic N) is 1. The van der Waals surface area contributed by atoms with Crippen LogP contribution in [0.15, 0.2) is 48.6 Å². The maximum Gasteiger partial charge on any atom is 0.472 e. The summed E-state index contributed by atoms with van der Waals surface area (Å²) in [6, 6.07) is -0.852. The summed E-state index contributed by atoms with van der Waals surface area (Å²) in [5.74, 6) is -0.184. The lowest BCUT2D eigenvalue weighted by atomic mass is 10.0. The molecule has 0 aromatic heterocycles. The third-order valence-electron chi connectivity index (χ3n) is 11.8. The number of phosphoric acid groups is 1. The molecule has 0 saturated heterocycles. The minimum Gasteiger partial charge on any atom is -0.387 e. The van der Waals surface area contributed by atoms with Crippen molar-refractivity contribution in [2.75, 3.05) is 40.9 Å². The van der Waals surface area contributed by atoms with E-state index in [0.29, 0.717) is 17.4 Å². The molecule has 0 aliphatic heterocycles. The van der Waals surface area contributed by atoms with Crippen molar-refractivity contribution in [3.8, 4) is 0 Å². The minimum atomic E-state index is -4.35. The van der Waals surface area contributed by atoms with Gasteiger partial charge >= 0.3 is 7.82 Å². The van der Waals surface area contributed by atoms with Crippen LogP contribution in [0.3, 0.4) is 0 Å². The molecule has 0 aromatic carbocycles. The Bertz CT molecular complexity index is 1170. The fraction of sp³-hybridized carbons (Fsp3) is 0.833. The number of allylic oxidation sites excluding steroid dienone is 7. The van der Waals surface area contributed by atoms with Crippen molar-refractivity contribution in [2.45, 2.75) is 251 Å². The zero-order chi connectivity index (χ0) is 46.4. The van der Waals surface area contributed by atoms with Crippen LogP contribution < -0.4 is 5.32 Å². The molecule has 0 heterocycles. The molecular weight excluding hydrogens is 804 g/mol. The third-order valence-corrected chi connectivity index (χ3v) is 12.8. The van der Waals surface area contributed by atoms with Crippen LogP contribution in [0.2, 0.25) is 0 Å². The van der Waals surface area contributed by atoms with Crippen LogP contribution >= 0.6 is 7.82 Å². The molecule has 0 aliphatic carbocycles. The number of nitrogens with one attached hydrogen (secondary N) is 1. The first-order chi connectivity index (χ1) is 30.5. The first-order valence-corrected chi connectivity index (χ1v) is 28.0. The molecule has 3 N–H and O–H groups in total. The fourth-order valence-electron chi connectivity index (χ4n) is 7.58. The SMILES string of the molecule is CCCCCCC/C=C\C/C=C\C/C=C\CCCCCCCCCCC(=O)NC(COP(=O)(O)OCC[N+](C)(C)C)C(O)/C=C/CCCCCCCCCCCCCCCCCC. The number of rotatable bonds is 48. The van der Waals surface area contributed by atoms with Crippen LogP contribution in [0.1, 0.15) is 239 Å². The molecule has 0 aromatic rings. The highest BCUT2D eigenvalue weighted by Crippen LogP contribution is 2.43. The van der Waals surface area contributed by atoms with Crippen molar-refractivity contribution in [1.29, 1.82) is 0 Å². The zero-order valence-electron chi connectivity index (χ0n) is 42.1. The van der Waals surface area contributed by atoms with Crippen molar-refractivity contribution in [1.82, 2.24) is 5.32 Å². The second-order valence-corrected chi connectivity index (χ2v) is 20.7. The van der Waals surface area contributed by atoms with Gasteiger partial charge in [-0.3, -0.25) is 13.8 Å². The monoisotopic (exact) mass is 908 g/mol. The number of phosphoric ester groups is 1. The highest BCUT2D eigenvalue weighted by atomic mass is 31.2. The summed E-state index contributed by atoms with van der Waals surface area (Å²) in [4.78, 5) is 23.2. The second-order valence-electron chi connectivity index (χ2n) is 19.3. The minimum absolute atomic E-state index is 0.0589. The molecule has 0 bridgehead atoms. The Morgan fingerprint density at radius 1 is 0.540 bits per heavy atom. The van der Waals surface area contributed by atoms with Crippen molar-refractivity contribution >= 4 is 13.7 Å². The maximum absolute atomic E-state index is 12.9. The van der Waals surface area contributed by atoms with Crippen molar-refractivity contribution in [3.05, 3.63) is 48.6 Å². The molecule has 63 heavy (non-hydrogen) atoms. The summed E-state index contributed by atoms with van der Waals surface area (Å²) in [6.45, 7) is 4.81. The molecule has 8 nitrogen and oxygen atoms in total. The second kappa shape index (κ2) is 45.6. The van der Waals surface area contributed by atoms with E-state index < -0.39 is 20.0 Å². The van der Waals surface area contributed by atoms with Gasteiger partial charge in [0.1, 0.15) is 13.2 Å². The van der Waals surface area contributed by atoms with Gasteiger partial charge in [0.05, 0.1) is 39.9 Å². The number of carbonyl (C=O) groups excluding carboxylic acids is 1. The molecule has 3 atom stereocenters. The van der Waals surface area contributed by atoms with Crippen LogP contribution in [0.4, 0.5) is 0 Å². The number of amides is 1. The largest absolute Gasteiger partial charge is 0.472 e. The van der Waals surface area contributed by atoms with Gasteiger partial charge in [-0.15, -0.1) is 0 Å². The summed E-state index contributed by atoms with van der Waals surface area (Å²) >= 11 is 0. The molecular formula is C54H104N2O6P+. The Morgan fingerprint density at radius 2 is 0.905 bits per heavy atom. The van der Waals surface area contributed by atoms with E-state index in [4.69, 9.17) is 9.05 Å². The number of quaternary nitrogens is 1. The molecule has 0 saturated carbocycles. The van der Waals surface area contributed by atoms with Gasteiger partial charge in [-0.1, -0.05) is 223 Å². The summed E-state index contributed by atoms with van der Waals surface area (Å²) in [6.07, 6.45) is 59.0. The molecule has 0 radical (unpaired) electrons. The average Bonchev–Trinajstić information content (AvgIpc) is 3.24. The van der Waals surface area contributed by atoms with Gasteiger partial charge in [0.15, 0.2) is 0 Å². The molecule has 1 amide bonds. The molecule has 0 rings (SSSR count). The quantitative estimate of drug-likeness (QED) is 0.0243. The van der Waals surface area contributed by atoms with Crippen LogP contribution in [0.5, 0.6) is 0 Å². The molecule has 0 aliphatic rings. The van der Waals surface area contributed by atoms with Gasteiger partial charge in [0.25, 0.3) is 0 Å². The van der Waals surface area contributed by atoms with E-state index in [1.54, 1.807) is 6.08 Å². The van der Waals surface area contributed by atoms with Gasteiger partial charge in [-0.25, -0.2) is 4.57 Å². The van der Waals surface area contributed by atoms with Crippen molar-refractivity contribution < 1.29 is 32.9 Å². The van der Waals surface area contributed by atoms with Crippen molar-refractivity contribution in [3.63, 3.8) is 0 Å². The third kappa shape index (κ3) is 48.2. The Kier molecular flexibility index (Phi) is 44.5. The molecule has 0 fully saturated rings. The van der Waals surface area contributed by atoms with E-state index in [0.717, 1.165) is 57.8 Å². The van der Waals surface area contributed by atoms with Gasteiger partial charge in [0.2, 0.25) is 5.91 Å².